The number of rotatable bonds is 18. The predicted molar refractivity (Wildman–Crippen MR) is 155 cm³/mol. The Morgan fingerprint density at radius 2 is 1.71 bits per heavy atom. The number of aromatic nitrogens is 5. The van der Waals surface area contributed by atoms with E-state index in [1.54, 1.807) is 10.7 Å². The van der Waals surface area contributed by atoms with Crippen molar-refractivity contribution in [3.63, 3.8) is 0 Å². The molecule has 4 rings (SSSR count). The number of hydrogen-bond donors (Lipinski definition) is 4. The third kappa shape index (κ3) is 8.83. The highest BCUT2D eigenvalue weighted by atomic mass is 16.5. The highest BCUT2D eigenvalue weighted by Crippen LogP contribution is 2.32. The Bertz CT molecular complexity index is 1470. The SMILES string of the molecule is CC(=O)NCCOCCOCCOCCC(=O)NCCCCn1nc(-c2ccc3oc(N)nc3c2)c2c(N)ncnc21. The summed E-state index contributed by atoms with van der Waals surface area (Å²) in [6, 6.07) is 5.60. The number of nitrogens with zero attached hydrogens (tertiary/aromatic N) is 5. The van der Waals surface area contributed by atoms with Gasteiger partial charge in [-0.3, -0.25) is 9.59 Å². The molecule has 2 amide bonds. The van der Waals surface area contributed by atoms with Crippen LogP contribution in [0.15, 0.2) is 28.9 Å². The molecule has 0 fully saturated rings. The molecule has 15 heteroatoms. The van der Waals surface area contributed by atoms with Crippen molar-refractivity contribution in [1.29, 1.82) is 0 Å². The number of oxazole rings is 1. The molecule has 4 aromatic rings. The Hall–Kier alpha value is -4.34. The van der Waals surface area contributed by atoms with Gasteiger partial charge >= 0.3 is 0 Å². The summed E-state index contributed by atoms with van der Waals surface area (Å²) in [4.78, 5) is 35.6. The number of fused-ring (bicyclic) bond motifs is 2. The molecule has 0 unspecified atom stereocenters. The number of carbonyl (C=O) groups excluding carboxylic acids is 2. The van der Waals surface area contributed by atoms with Crippen LogP contribution in [0.5, 0.6) is 0 Å². The van der Waals surface area contributed by atoms with E-state index < -0.39 is 0 Å². The zero-order valence-corrected chi connectivity index (χ0v) is 23.6. The van der Waals surface area contributed by atoms with E-state index in [-0.39, 0.29) is 24.2 Å². The number of carbonyl (C=O) groups is 2. The fraction of sp³-hybridized carbons (Fsp3) is 0.481. The van der Waals surface area contributed by atoms with Gasteiger partial charge in [-0.2, -0.15) is 10.1 Å². The van der Waals surface area contributed by atoms with E-state index >= 15 is 0 Å². The van der Waals surface area contributed by atoms with Crippen molar-refractivity contribution >= 4 is 45.8 Å². The molecule has 3 heterocycles. The first-order valence-corrected chi connectivity index (χ1v) is 13.8. The average Bonchev–Trinajstić information content (AvgIpc) is 3.53. The lowest BCUT2D eigenvalue weighted by atomic mass is 10.1. The van der Waals surface area contributed by atoms with Crippen LogP contribution in [-0.2, 0) is 30.3 Å². The normalized spacial score (nSPS) is 11.4. The van der Waals surface area contributed by atoms with Crippen molar-refractivity contribution in [2.75, 3.05) is 64.2 Å². The molecule has 0 bridgehead atoms. The summed E-state index contributed by atoms with van der Waals surface area (Å²) in [6.07, 6.45) is 3.22. The third-order valence-corrected chi connectivity index (χ3v) is 6.19. The number of nitrogens with two attached hydrogens (primary N) is 2. The molecular weight excluding hydrogens is 546 g/mol. The molecular formula is C27H37N9O6. The van der Waals surface area contributed by atoms with Gasteiger partial charge < -0.3 is 40.7 Å². The van der Waals surface area contributed by atoms with Crippen LogP contribution in [-0.4, -0.2) is 89.3 Å². The highest BCUT2D eigenvalue weighted by molar-refractivity contribution is 5.99. The van der Waals surface area contributed by atoms with Crippen LogP contribution in [0.3, 0.4) is 0 Å². The minimum Gasteiger partial charge on any atom is -0.424 e. The van der Waals surface area contributed by atoms with Crippen LogP contribution in [0.4, 0.5) is 11.8 Å². The van der Waals surface area contributed by atoms with Crippen LogP contribution < -0.4 is 22.1 Å². The predicted octanol–water partition coefficient (Wildman–Crippen LogP) is 1.27. The topological polar surface area (TPSA) is 208 Å². The van der Waals surface area contributed by atoms with Crippen molar-refractivity contribution < 1.29 is 28.2 Å². The molecule has 3 aromatic heterocycles. The molecule has 0 aliphatic carbocycles. The van der Waals surface area contributed by atoms with Gasteiger partial charge in [-0.05, 0) is 31.0 Å². The van der Waals surface area contributed by atoms with Gasteiger partial charge in [-0.25, -0.2) is 14.6 Å². The quantitative estimate of drug-likeness (QED) is 0.122. The molecule has 1 aromatic carbocycles. The van der Waals surface area contributed by atoms with E-state index in [1.165, 1.54) is 13.3 Å². The molecule has 42 heavy (non-hydrogen) atoms. The number of nitrogen functional groups attached to an aromatic ring is 2. The van der Waals surface area contributed by atoms with Crippen LogP contribution in [0.25, 0.3) is 33.4 Å². The van der Waals surface area contributed by atoms with Crippen molar-refractivity contribution in [2.45, 2.75) is 32.7 Å². The zero-order valence-electron chi connectivity index (χ0n) is 23.6. The van der Waals surface area contributed by atoms with Crippen LogP contribution >= 0.6 is 0 Å². The molecule has 0 radical (unpaired) electrons. The third-order valence-electron chi connectivity index (χ3n) is 6.19. The summed E-state index contributed by atoms with van der Waals surface area (Å²) in [5.41, 5.74) is 15.2. The Morgan fingerprint density at radius 1 is 0.952 bits per heavy atom. The maximum atomic E-state index is 12.1. The summed E-state index contributed by atoms with van der Waals surface area (Å²) in [6.45, 7) is 5.52. The summed E-state index contributed by atoms with van der Waals surface area (Å²) in [7, 11) is 0. The molecule has 0 atom stereocenters. The lowest BCUT2D eigenvalue weighted by Crippen LogP contribution is -2.26. The summed E-state index contributed by atoms with van der Waals surface area (Å²) in [5, 5.41) is 11.0. The Morgan fingerprint density at radius 3 is 2.50 bits per heavy atom. The fourth-order valence-corrected chi connectivity index (χ4v) is 4.19. The molecule has 15 nitrogen and oxygen atoms in total. The molecule has 0 saturated heterocycles. The summed E-state index contributed by atoms with van der Waals surface area (Å²) >= 11 is 0. The lowest BCUT2D eigenvalue weighted by molar-refractivity contribution is -0.122. The van der Waals surface area contributed by atoms with Gasteiger partial charge in [0.05, 0.1) is 45.0 Å². The number of benzene rings is 1. The molecule has 226 valence electrons. The maximum Gasteiger partial charge on any atom is 0.292 e. The average molecular weight is 584 g/mol. The first-order valence-electron chi connectivity index (χ1n) is 13.8. The molecule has 0 saturated carbocycles. The Labute approximate surface area is 242 Å². The van der Waals surface area contributed by atoms with Crippen molar-refractivity contribution in [3.05, 3.63) is 24.5 Å². The van der Waals surface area contributed by atoms with Gasteiger partial charge in [-0.1, -0.05) is 0 Å². The minimum atomic E-state index is -0.0806. The van der Waals surface area contributed by atoms with Gasteiger partial charge in [0.25, 0.3) is 6.01 Å². The van der Waals surface area contributed by atoms with E-state index in [4.69, 9.17) is 35.2 Å². The highest BCUT2D eigenvalue weighted by Gasteiger charge is 2.18. The minimum absolute atomic E-state index is 0.0697. The van der Waals surface area contributed by atoms with Gasteiger partial charge in [0.1, 0.15) is 23.4 Å². The van der Waals surface area contributed by atoms with Gasteiger partial charge in [0.2, 0.25) is 11.8 Å². The van der Waals surface area contributed by atoms with E-state index in [9.17, 15) is 9.59 Å². The van der Waals surface area contributed by atoms with E-state index in [1.807, 2.05) is 12.1 Å². The number of aryl methyl sites for hydroxylation is 1. The van der Waals surface area contributed by atoms with Gasteiger partial charge in [0, 0.05) is 38.5 Å². The number of unbranched alkanes of at least 4 members (excludes halogenated alkanes) is 1. The lowest BCUT2D eigenvalue weighted by Gasteiger charge is -2.08. The number of nitrogens with one attached hydrogen (secondary N) is 2. The standard InChI is InChI=1S/C27H37N9O6/c1-18(37)30-8-11-40-13-15-41-14-12-39-10-6-22(38)31-7-2-3-9-36-26-23(25(28)32-17-33-26)24(35-36)19-4-5-21-20(16-19)34-27(29)42-21/h4-5,16-17H,2-3,6-15H2,1H3,(H2,29,34)(H,30,37)(H,31,38)(H2,28,32,33). The molecule has 6 N–H and O–H groups in total. The second-order valence-corrected chi connectivity index (χ2v) is 9.39. The Balaban J connectivity index is 1.12. The summed E-state index contributed by atoms with van der Waals surface area (Å²) in [5.74, 6) is 0.189. The smallest absolute Gasteiger partial charge is 0.292 e. The largest absolute Gasteiger partial charge is 0.424 e. The van der Waals surface area contributed by atoms with Crippen molar-refractivity contribution in [1.82, 2.24) is 35.4 Å². The number of anilines is 2. The number of amides is 2. The van der Waals surface area contributed by atoms with E-state index in [0.717, 1.165) is 18.4 Å². The van der Waals surface area contributed by atoms with Crippen LogP contribution in [0.2, 0.25) is 0 Å². The number of hydrogen-bond acceptors (Lipinski definition) is 12. The summed E-state index contributed by atoms with van der Waals surface area (Å²) < 4.78 is 23.4. The second kappa shape index (κ2) is 15.6. The molecule has 0 spiro atoms. The van der Waals surface area contributed by atoms with Crippen molar-refractivity contribution in [3.8, 4) is 11.3 Å². The second-order valence-electron chi connectivity index (χ2n) is 9.39. The maximum absolute atomic E-state index is 12.1. The number of ether oxygens (including phenoxy) is 3. The molecule has 0 aliphatic rings. The Kier molecular flexibility index (Phi) is 11.4. The monoisotopic (exact) mass is 583 g/mol. The van der Waals surface area contributed by atoms with Gasteiger partial charge in [0.15, 0.2) is 11.2 Å². The first kappa shape index (κ1) is 30.6. The molecule has 0 aliphatic heterocycles. The van der Waals surface area contributed by atoms with Gasteiger partial charge in [-0.15, -0.1) is 0 Å². The van der Waals surface area contributed by atoms with Crippen LogP contribution in [0.1, 0.15) is 26.2 Å². The fourth-order valence-electron chi connectivity index (χ4n) is 4.19. The van der Waals surface area contributed by atoms with E-state index in [2.05, 4.69) is 25.6 Å². The van der Waals surface area contributed by atoms with Crippen LogP contribution in [0, 0.1) is 0 Å². The zero-order chi connectivity index (χ0) is 29.7. The first-order chi connectivity index (χ1) is 20.4. The van der Waals surface area contributed by atoms with E-state index in [0.29, 0.717) is 92.9 Å². The van der Waals surface area contributed by atoms with Crippen molar-refractivity contribution in [2.24, 2.45) is 0 Å².